The Kier molecular flexibility index (Phi) is 6.03. The topological polar surface area (TPSA) is 121 Å². The van der Waals surface area contributed by atoms with E-state index >= 15 is 0 Å². The van der Waals surface area contributed by atoms with Gasteiger partial charge in [-0.3, -0.25) is 0 Å². The number of carbonyl (C=O) groups is 2. The quantitative estimate of drug-likeness (QED) is 0.451. The van der Waals surface area contributed by atoms with E-state index in [0.29, 0.717) is 36.1 Å². The second-order valence-corrected chi connectivity index (χ2v) is 5.87. The van der Waals surface area contributed by atoms with Gasteiger partial charge >= 0.3 is 11.9 Å². The van der Waals surface area contributed by atoms with Crippen LogP contribution in [0.3, 0.4) is 0 Å². The third-order valence-corrected chi connectivity index (χ3v) is 3.98. The number of furan rings is 1. The normalized spacial score (nSPS) is 10.4. The maximum atomic E-state index is 11.9. The number of benzene rings is 1. The highest BCUT2D eigenvalue weighted by molar-refractivity contribution is 5.97. The Balaban J connectivity index is 1.83. The molecule has 10 nitrogen and oxygen atoms in total. The van der Waals surface area contributed by atoms with Gasteiger partial charge < -0.3 is 19.2 Å². The molecule has 0 radical (unpaired) electrons. The molecule has 0 aliphatic rings. The number of carbonyl (C=O) groups excluding carboxylic acids is 2. The van der Waals surface area contributed by atoms with Gasteiger partial charge in [-0.15, -0.1) is 6.58 Å². The molecule has 0 bridgehead atoms. The average molecular weight is 397 g/mol. The molecule has 0 amide bonds. The van der Waals surface area contributed by atoms with Crippen molar-refractivity contribution in [1.82, 2.24) is 20.2 Å². The number of esters is 2. The number of hydrogen-bond donors (Lipinski definition) is 1. The van der Waals surface area contributed by atoms with Gasteiger partial charge in [0.2, 0.25) is 5.95 Å². The molecule has 3 aromatic rings. The predicted octanol–water partition coefficient (Wildman–Crippen LogP) is 2.30. The lowest BCUT2D eigenvalue weighted by Crippen LogP contribution is -2.07. The molecule has 29 heavy (non-hydrogen) atoms. The molecule has 0 unspecified atom stereocenters. The van der Waals surface area contributed by atoms with Gasteiger partial charge in [-0.25, -0.2) is 14.3 Å². The highest BCUT2D eigenvalue weighted by atomic mass is 16.5. The number of ether oxygens (including phenoxy) is 2. The summed E-state index contributed by atoms with van der Waals surface area (Å²) in [6, 6.07) is 8.08. The highest BCUT2D eigenvalue weighted by Crippen LogP contribution is 2.26. The van der Waals surface area contributed by atoms with Crippen LogP contribution in [0, 0.1) is 0 Å². The molecule has 150 valence electrons. The first-order chi connectivity index (χ1) is 14.0. The molecule has 2 aromatic heterocycles. The van der Waals surface area contributed by atoms with Gasteiger partial charge in [-0.1, -0.05) is 11.2 Å². The van der Waals surface area contributed by atoms with E-state index in [2.05, 4.69) is 27.4 Å². The smallest absolute Gasteiger partial charge is 0.337 e. The average Bonchev–Trinajstić information content (AvgIpc) is 3.40. The molecular formula is C19H19N5O5. The SMILES string of the molecule is C=CCn1nnnc1NCc1ccc(-c2cc(C(=O)OC)cc(C(=O)OC)c2)o1. The van der Waals surface area contributed by atoms with E-state index in [1.807, 2.05) is 0 Å². The van der Waals surface area contributed by atoms with Gasteiger partial charge in [0, 0.05) is 5.56 Å². The minimum atomic E-state index is -0.570. The van der Waals surface area contributed by atoms with E-state index in [1.165, 1.54) is 20.3 Å². The number of tetrazole rings is 1. The molecule has 0 saturated carbocycles. The summed E-state index contributed by atoms with van der Waals surface area (Å²) in [5.74, 6) is 0.419. The zero-order valence-electron chi connectivity index (χ0n) is 15.9. The van der Waals surface area contributed by atoms with Gasteiger partial charge in [-0.05, 0) is 40.8 Å². The molecule has 0 saturated heterocycles. The Morgan fingerprint density at radius 1 is 1.17 bits per heavy atom. The van der Waals surface area contributed by atoms with Crippen molar-refractivity contribution < 1.29 is 23.5 Å². The van der Waals surface area contributed by atoms with E-state index in [4.69, 9.17) is 13.9 Å². The molecular weight excluding hydrogens is 378 g/mol. The summed E-state index contributed by atoms with van der Waals surface area (Å²) in [5.41, 5.74) is 0.964. The number of methoxy groups -OCH3 is 2. The Morgan fingerprint density at radius 3 is 2.48 bits per heavy atom. The largest absolute Gasteiger partial charge is 0.465 e. The van der Waals surface area contributed by atoms with Crippen LogP contribution in [0.5, 0.6) is 0 Å². The summed E-state index contributed by atoms with van der Waals surface area (Å²) >= 11 is 0. The molecule has 0 fully saturated rings. The van der Waals surface area contributed by atoms with Gasteiger partial charge in [-0.2, -0.15) is 0 Å². The molecule has 0 aliphatic carbocycles. The van der Waals surface area contributed by atoms with Crippen molar-refractivity contribution in [3.63, 3.8) is 0 Å². The fourth-order valence-corrected chi connectivity index (χ4v) is 2.61. The van der Waals surface area contributed by atoms with Gasteiger partial charge in [0.05, 0.1) is 38.4 Å². The molecule has 3 rings (SSSR count). The second-order valence-electron chi connectivity index (χ2n) is 5.87. The third kappa shape index (κ3) is 4.49. The van der Waals surface area contributed by atoms with Gasteiger partial charge in [0.15, 0.2) is 0 Å². The fourth-order valence-electron chi connectivity index (χ4n) is 2.61. The first-order valence-corrected chi connectivity index (χ1v) is 8.57. The minimum absolute atomic E-state index is 0.213. The number of rotatable bonds is 8. The molecule has 0 spiro atoms. The summed E-state index contributed by atoms with van der Waals surface area (Å²) in [6.07, 6.45) is 1.68. The number of nitrogens with one attached hydrogen (secondary N) is 1. The molecule has 1 aromatic carbocycles. The van der Waals surface area contributed by atoms with Crippen LogP contribution >= 0.6 is 0 Å². The van der Waals surface area contributed by atoms with Crippen molar-refractivity contribution in [1.29, 1.82) is 0 Å². The first kappa shape index (κ1) is 19.8. The Bertz CT molecular complexity index is 1010. The first-order valence-electron chi connectivity index (χ1n) is 8.57. The fraction of sp³-hybridized carbons (Fsp3) is 0.211. The lowest BCUT2D eigenvalue weighted by atomic mass is 10.0. The van der Waals surface area contributed by atoms with Crippen LogP contribution in [0.4, 0.5) is 5.95 Å². The van der Waals surface area contributed by atoms with E-state index < -0.39 is 11.9 Å². The van der Waals surface area contributed by atoms with Crippen molar-refractivity contribution in [2.75, 3.05) is 19.5 Å². The summed E-state index contributed by atoms with van der Waals surface area (Å²) in [4.78, 5) is 23.9. The monoisotopic (exact) mass is 397 g/mol. The van der Waals surface area contributed by atoms with Crippen LogP contribution in [0.1, 0.15) is 26.5 Å². The van der Waals surface area contributed by atoms with E-state index in [9.17, 15) is 9.59 Å². The third-order valence-electron chi connectivity index (χ3n) is 3.98. The number of allylic oxidation sites excluding steroid dienone is 1. The number of aromatic nitrogens is 4. The maximum absolute atomic E-state index is 11.9. The number of nitrogens with zero attached hydrogens (tertiary/aromatic N) is 4. The summed E-state index contributed by atoms with van der Waals surface area (Å²) in [7, 11) is 2.53. The predicted molar refractivity (Wildman–Crippen MR) is 102 cm³/mol. The Morgan fingerprint density at radius 2 is 1.86 bits per heavy atom. The Hall–Kier alpha value is -3.95. The zero-order chi connectivity index (χ0) is 20.8. The number of anilines is 1. The van der Waals surface area contributed by atoms with Gasteiger partial charge in [0.1, 0.15) is 11.5 Å². The molecule has 1 N–H and O–H groups in total. The van der Waals surface area contributed by atoms with Crippen molar-refractivity contribution >= 4 is 17.9 Å². The minimum Gasteiger partial charge on any atom is -0.465 e. The molecule has 0 aliphatic heterocycles. The van der Waals surface area contributed by atoms with Crippen LogP contribution in [0.15, 0.2) is 47.4 Å². The van der Waals surface area contributed by atoms with E-state index in [0.717, 1.165) is 0 Å². The molecule has 0 atom stereocenters. The summed E-state index contributed by atoms with van der Waals surface area (Å²) in [6.45, 7) is 4.45. The summed E-state index contributed by atoms with van der Waals surface area (Å²) < 4.78 is 16.9. The van der Waals surface area contributed by atoms with E-state index in [1.54, 1.807) is 35.0 Å². The summed E-state index contributed by atoms with van der Waals surface area (Å²) in [5, 5.41) is 14.4. The number of hydrogen-bond acceptors (Lipinski definition) is 9. The van der Waals surface area contributed by atoms with Crippen molar-refractivity contribution in [2.24, 2.45) is 0 Å². The van der Waals surface area contributed by atoms with Crippen LogP contribution in [-0.2, 0) is 22.6 Å². The van der Waals surface area contributed by atoms with Crippen LogP contribution in [0.25, 0.3) is 11.3 Å². The maximum Gasteiger partial charge on any atom is 0.337 e. The van der Waals surface area contributed by atoms with Crippen LogP contribution in [0.2, 0.25) is 0 Å². The second kappa shape index (κ2) is 8.83. The highest BCUT2D eigenvalue weighted by Gasteiger charge is 2.16. The van der Waals surface area contributed by atoms with Crippen molar-refractivity contribution in [2.45, 2.75) is 13.1 Å². The van der Waals surface area contributed by atoms with Gasteiger partial charge in [0.25, 0.3) is 0 Å². The molecule has 2 heterocycles. The van der Waals surface area contributed by atoms with Crippen LogP contribution in [-0.4, -0.2) is 46.4 Å². The van der Waals surface area contributed by atoms with Crippen molar-refractivity contribution in [3.8, 4) is 11.3 Å². The Labute approximate surface area is 166 Å². The molecule has 10 heteroatoms. The lowest BCUT2D eigenvalue weighted by molar-refractivity contribution is 0.0599. The van der Waals surface area contributed by atoms with E-state index in [-0.39, 0.29) is 11.1 Å². The van der Waals surface area contributed by atoms with Crippen molar-refractivity contribution in [3.05, 3.63) is 59.9 Å². The standard InChI is InChI=1S/C19H19N5O5/c1-4-7-24-19(21-22-23-24)20-11-15-5-6-16(29-15)12-8-13(17(25)27-2)10-14(9-12)18(26)28-3/h4-6,8-10H,1,7,11H2,2-3H3,(H,20,21,23). The zero-order valence-corrected chi connectivity index (χ0v) is 15.9. The van der Waals surface area contributed by atoms with Crippen LogP contribution < -0.4 is 5.32 Å². The lowest BCUT2D eigenvalue weighted by Gasteiger charge is -2.07.